The van der Waals surface area contributed by atoms with E-state index in [1.165, 1.54) is 0 Å². The molecule has 0 bridgehead atoms. The van der Waals surface area contributed by atoms with Crippen molar-refractivity contribution in [2.45, 2.75) is 6.92 Å². The Morgan fingerprint density at radius 1 is 1.00 bits per heavy atom. The Bertz CT molecular complexity index is 882. The number of rotatable bonds is 5. The molecule has 0 aliphatic heterocycles. The van der Waals surface area contributed by atoms with Crippen molar-refractivity contribution in [1.29, 1.82) is 0 Å². The molecule has 2 aromatic carbocycles. The van der Waals surface area contributed by atoms with Gasteiger partial charge in [0.1, 0.15) is 11.6 Å². The van der Waals surface area contributed by atoms with E-state index < -0.39 is 23.6 Å². The van der Waals surface area contributed by atoms with E-state index >= 15 is 0 Å². The number of urea groups is 1. The first-order chi connectivity index (χ1) is 12.3. The Labute approximate surface area is 148 Å². The molecule has 136 valence electrons. The molecule has 0 aromatic heterocycles. The summed E-state index contributed by atoms with van der Waals surface area (Å²) in [6.45, 7) is 1.63. The number of benzene rings is 2. The Morgan fingerprint density at radius 3 is 2.27 bits per heavy atom. The summed E-state index contributed by atoms with van der Waals surface area (Å²) in [6, 6.07) is 7.02. The number of allylic oxidation sites excluding steroid dienone is 1. The summed E-state index contributed by atoms with van der Waals surface area (Å²) in [4.78, 5) is 22.9. The molecule has 26 heavy (non-hydrogen) atoms. The van der Waals surface area contributed by atoms with Crippen molar-refractivity contribution >= 4 is 34.6 Å². The number of carboxylic acid groups (broad SMARTS) is 1. The van der Waals surface area contributed by atoms with Crippen LogP contribution in [0, 0.1) is 11.6 Å². The molecule has 8 heteroatoms. The summed E-state index contributed by atoms with van der Waals surface area (Å²) in [7, 11) is 1.65. The summed E-state index contributed by atoms with van der Waals surface area (Å²) < 4.78 is 26.5. The van der Waals surface area contributed by atoms with Crippen molar-refractivity contribution in [3.8, 4) is 0 Å². The lowest BCUT2D eigenvalue weighted by molar-refractivity contribution is -0.131. The van der Waals surface area contributed by atoms with Crippen LogP contribution in [0.1, 0.15) is 12.5 Å². The maximum absolute atomic E-state index is 13.6. The third kappa shape index (κ3) is 4.79. The van der Waals surface area contributed by atoms with Crippen molar-refractivity contribution in [2.24, 2.45) is 0 Å². The maximum Gasteiger partial charge on any atom is 0.328 e. The molecule has 2 rings (SSSR count). The normalized spacial score (nSPS) is 11.0. The summed E-state index contributed by atoms with van der Waals surface area (Å²) in [6.07, 6.45) is 1.05. The average Bonchev–Trinajstić information content (AvgIpc) is 2.56. The van der Waals surface area contributed by atoms with Crippen molar-refractivity contribution in [2.75, 3.05) is 23.0 Å². The van der Waals surface area contributed by atoms with Gasteiger partial charge in [0.05, 0.1) is 17.1 Å². The zero-order valence-electron chi connectivity index (χ0n) is 14.1. The standard InChI is InChI=1S/C18H17F2N3O3/c1-10(7-17(24)25)11-3-5-15(21-2)16(8-11)23-18(26)22-14-6-4-12(19)9-13(14)20/h3-9,21H,1-2H3,(H,24,25)(H2,22,23,26)/b10-7+. The first kappa shape index (κ1) is 18.9. The Morgan fingerprint density at radius 2 is 1.65 bits per heavy atom. The molecule has 0 radical (unpaired) electrons. The fraction of sp³-hybridized carbons (Fsp3) is 0.111. The summed E-state index contributed by atoms with van der Waals surface area (Å²) >= 11 is 0. The van der Waals surface area contributed by atoms with Crippen LogP contribution < -0.4 is 16.0 Å². The molecule has 0 aliphatic rings. The number of halogens is 2. The Balaban J connectivity index is 2.23. The SMILES string of the molecule is CNc1ccc(/C(C)=C/C(=O)O)cc1NC(=O)Nc1ccc(F)cc1F. The van der Waals surface area contributed by atoms with Gasteiger partial charge in [-0.05, 0) is 42.3 Å². The van der Waals surface area contributed by atoms with Gasteiger partial charge in [-0.2, -0.15) is 0 Å². The minimum atomic E-state index is -1.08. The topological polar surface area (TPSA) is 90.5 Å². The van der Waals surface area contributed by atoms with Crippen LogP contribution in [-0.4, -0.2) is 24.2 Å². The molecule has 2 amide bonds. The molecule has 6 nitrogen and oxygen atoms in total. The quantitative estimate of drug-likeness (QED) is 0.603. The number of carbonyl (C=O) groups is 2. The average molecular weight is 361 g/mol. The van der Waals surface area contributed by atoms with E-state index in [0.717, 1.165) is 18.2 Å². The van der Waals surface area contributed by atoms with E-state index in [2.05, 4.69) is 16.0 Å². The zero-order valence-corrected chi connectivity index (χ0v) is 14.1. The van der Waals surface area contributed by atoms with Crippen LogP contribution >= 0.6 is 0 Å². The molecule has 4 N–H and O–H groups in total. The Hall–Kier alpha value is -3.42. The van der Waals surface area contributed by atoms with Crippen LogP contribution in [-0.2, 0) is 4.79 Å². The van der Waals surface area contributed by atoms with Crippen LogP contribution in [0.15, 0.2) is 42.5 Å². The first-order valence-electron chi connectivity index (χ1n) is 7.56. The molecular formula is C18H17F2N3O3. The van der Waals surface area contributed by atoms with Crippen molar-refractivity contribution in [3.63, 3.8) is 0 Å². The van der Waals surface area contributed by atoms with Crippen LogP contribution in [0.3, 0.4) is 0 Å². The second-order valence-corrected chi connectivity index (χ2v) is 5.38. The smallest absolute Gasteiger partial charge is 0.328 e. The molecule has 0 spiro atoms. The molecule has 0 saturated carbocycles. The lowest BCUT2D eigenvalue weighted by Gasteiger charge is -2.14. The molecular weight excluding hydrogens is 344 g/mol. The van der Waals surface area contributed by atoms with E-state index in [4.69, 9.17) is 5.11 Å². The van der Waals surface area contributed by atoms with E-state index in [9.17, 15) is 18.4 Å². The lowest BCUT2D eigenvalue weighted by Crippen LogP contribution is -2.21. The monoisotopic (exact) mass is 361 g/mol. The molecule has 2 aromatic rings. The molecule has 0 aliphatic carbocycles. The minimum Gasteiger partial charge on any atom is -0.478 e. The van der Waals surface area contributed by atoms with E-state index in [-0.39, 0.29) is 5.69 Å². The number of anilines is 3. The van der Waals surface area contributed by atoms with Gasteiger partial charge in [0.25, 0.3) is 0 Å². The van der Waals surface area contributed by atoms with Crippen molar-refractivity contribution in [3.05, 3.63) is 59.7 Å². The highest BCUT2D eigenvalue weighted by molar-refractivity contribution is 6.02. The van der Waals surface area contributed by atoms with Gasteiger partial charge in [-0.25, -0.2) is 18.4 Å². The number of carbonyl (C=O) groups excluding carboxylic acids is 1. The van der Waals surface area contributed by atoms with Gasteiger partial charge in [-0.1, -0.05) is 6.07 Å². The van der Waals surface area contributed by atoms with Crippen molar-refractivity contribution in [1.82, 2.24) is 0 Å². The highest BCUT2D eigenvalue weighted by atomic mass is 19.1. The second-order valence-electron chi connectivity index (χ2n) is 5.38. The highest BCUT2D eigenvalue weighted by Crippen LogP contribution is 2.27. The van der Waals surface area contributed by atoms with Gasteiger partial charge in [0, 0.05) is 19.2 Å². The lowest BCUT2D eigenvalue weighted by atomic mass is 10.1. The van der Waals surface area contributed by atoms with E-state index in [1.807, 2.05) is 0 Å². The number of carboxylic acids is 1. The number of aliphatic carboxylic acids is 1. The van der Waals surface area contributed by atoms with Crippen LogP contribution in [0.2, 0.25) is 0 Å². The van der Waals surface area contributed by atoms with Crippen LogP contribution in [0.4, 0.5) is 30.6 Å². The van der Waals surface area contributed by atoms with E-state index in [1.54, 1.807) is 32.2 Å². The fourth-order valence-electron chi connectivity index (χ4n) is 2.25. The zero-order chi connectivity index (χ0) is 19.3. The number of hydrogen-bond acceptors (Lipinski definition) is 3. The third-order valence-electron chi connectivity index (χ3n) is 3.51. The van der Waals surface area contributed by atoms with Gasteiger partial charge >= 0.3 is 12.0 Å². The van der Waals surface area contributed by atoms with Crippen molar-refractivity contribution < 1.29 is 23.5 Å². The number of hydrogen-bond donors (Lipinski definition) is 4. The molecule has 0 saturated heterocycles. The molecule has 0 heterocycles. The fourth-order valence-corrected chi connectivity index (χ4v) is 2.25. The van der Waals surface area contributed by atoms with Gasteiger partial charge in [-0.15, -0.1) is 0 Å². The number of nitrogens with one attached hydrogen (secondary N) is 3. The van der Waals surface area contributed by atoms with Crippen LogP contribution in [0.25, 0.3) is 5.57 Å². The van der Waals surface area contributed by atoms with Gasteiger partial charge < -0.3 is 21.1 Å². The van der Waals surface area contributed by atoms with Gasteiger partial charge in [0.15, 0.2) is 0 Å². The van der Waals surface area contributed by atoms with Gasteiger partial charge in [-0.3, -0.25) is 0 Å². The third-order valence-corrected chi connectivity index (χ3v) is 3.51. The minimum absolute atomic E-state index is 0.173. The highest BCUT2D eigenvalue weighted by Gasteiger charge is 2.11. The maximum atomic E-state index is 13.6. The summed E-state index contributed by atoms with van der Waals surface area (Å²) in [5.41, 5.74) is 1.85. The predicted molar refractivity (Wildman–Crippen MR) is 96.3 cm³/mol. The summed E-state index contributed by atoms with van der Waals surface area (Å²) in [5.74, 6) is -2.73. The second kappa shape index (κ2) is 8.11. The Kier molecular flexibility index (Phi) is 5.90. The summed E-state index contributed by atoms with van der Waals surface area (Å²) in [5, 5.41) is 16.6. The predicted octanol–water partition coefficient (Wildman–Crippen LogP) is 4.14. The van der Waals surface area contributed by atoms with Gasteiger partial charge in [0.2, 0.25) is 0 Å². The first-order valence-corrected chi connectivity index (χ1v) is 7.56. The van der Waals surface area contributed by atoms with Crippen LogP contribution in [0.5, 0.6) is 0 Å². The van der Waals surface area contributed by atoms with E-state index in [0.29, 0.717) is 28.6 Å². The molecule has 0 unspecified atom stereocenters. The molecule has 0 atom stereocenters. The largest absolute Gasteiger partial charge is 0.478 e. The molecule has 0 fully saturated rings. The number of amides is 2.